The number of carbonyl (C=O) groups is 2. The second kappa shape index (κ2) is 11.3. The molecule has 1 fully saturated rings. The first-order valence-corrected chi connectivity index (χ1v) is 9.19. The normalized spacial score (nSPS) is 13.5. The fraction of sp³-hybridized carbons (Fsp3) is 0.529. The molecule has 0 spiro atoms. The van der Waals surface area contributed by atoms with Crippen LogP contribution in [0.4, 0.5) is 0 Å². The number of hydrogen-bond donors (Lipinski definition) is 2. The molecule has 0 unspecified atom stereocenters. The van der Waals surface area contributed by atoms with E-state index in [2.05, 4.69) is 10.6 Å². The van der Waals surface area contributed by atoms with E-state index >= 15 is 0 Å². The predicted molar refractivity (Wildman–Crippen MR) is 101 cm³/mol. The van der Waals surface area contributed by atoms with Gasteiger partial charge in [0.15, 0.2) is 0 Å². The van der Waals surface area contributed by atoms with Crippen LogP contribution in [-0.2, 0) is 4.79 Å². The van der Waals surface area contributed by atoms with E-state index in [0.717, 1.165) is 43.9 Å². The number of thioether (sulfide) groups is 1. The number of rotatable bonds is 8. The lowest BCUT2D eigenvalue weighted by Gasteiger charge is -2.15. The molecule has 7 heteroatoms. The largest absolute Gasteiger partial charge is 0.351 e. The van der Waals surface area contributed by atoms with Crippen LogP contribution in [0.2, 0.25) is 0 Å². The minimum atomic E-state index is -0.0837. The molecule has 0 aromatic heterocycles. The van der Waals surface area contributed by atoms with E-state index in [9.17, 15) is 9.59 Å². The maximum Gasteiger partial charge on any atom is 0.252 e. The molecule has 0 bridgehead atoms. The summed E-state index contributed by atoms with van der Waals surface area (Å²) in [6.07, 6.45) is 2.20. The van der Waals surface area contributed by atoms with Crippen molar-refractivity contribution in [3.8, 4) is 0 Å². The number of halogens is 1. The Morgan fingerprint density at radius 2 is 1.88 bits per heavy atom. The summed E-state index contributed by atoms with van der Waals surface area (Å²) < 4.78 is 0. The molecule has 134 valence electrons. The van der Waals surface area contributed by atoms with Crippen LogP contribution in [0.15, 0.2) is 29.2 Å². The number of amides is 2. The van der Waals surface area contributed by atoms with Crippen LogP contribution in [0.25, 0.3) is 0 Å². The van der Waals surface area contributed by atoms with Crippen molar-refractivity contribution in [3.63, 3.8) is 0 Å². The third-order valence-electron chi connectivity index (χ3n) is 3.78. The zero-order valence-electron chi connectivity index (χ0n) is 14.0. The van der Waals surface area contributed by atoms with Gasteiger partial charge >= 0.3 is 0 Å². The summed E-state index contributed by atoms with van der Waals surface area (Å²) in [5.74, 6) is 0.469. The average Bonchev–Trinajstić information content (AvgIpc) is 3.11. The third kappa shape index (κ3) is 6.34. The Labute approximate surface area is 154 Å². The van der Waals surface area contributed by atoms with Crippen LogP contribution in [0.3, 0.4) is 0 Å². The minimum absolute atomic E-state index is 0. The number of nitrogens with one attached hydrogen (secondary N) is 2. The monoisotopic (exact) mass is 371 g/mol. The SMILES string of the molecule is CCNCCNC(=O)c1ccccc1SCC(=O)N1CCCC1.Cl. The zero-order chi connectivity index (χ0) is 16.5. The Bertz CT molecular complexity index is 536. The molecule has 0 atom stereocenters. The first-order valence-electron chi connectivity index (χ1n) is 8.21. The average molecular weight is 372 g/mol. The summed E-state index contributed by atoms with van der Waals surface area (Å²) >= 11 is 1.45. The first kappa shape index (κ1) is 20.8. The molecule has 2 amide bonds. The number of likely N-dealkylation sites (N-methyl/N-ethyl adjacent to an activating group) is 1. The number of carbonyl (C=O) groups excluding carboxylic acids is 2. The van der Waals surface area contributed by atoms with Gasteiger partial charge in [-0.2, -0.15) is 0 Å². The van der Waals surface area contributed by atoms with Gasteiger partial charge in [-0.15, -0.1) is 24.2 Å². The molecule has 0 radical (unpaired) electrons. The van der Waals surface area contributed by atoms with Gasteiger partial charge in [0.1, 0.15) is 0 Å². The summed E-state index contributed by atoms with van der Waals surface area (Å²) in [6, 6.07) is 7.47. The van der Waals surface area contributed by atoms with Crippen molar-refractivity contribution >= 4 is 36.0 Å². The van der Waals surface area contributed by atoms with Gasteiger partial charge in [-0.1, -0.05) is 19.1 Å². The van der Waals surface area contributed by atoms with Gasteiger partial charge in [0, 0.05) is 31.1 Å². The first-order chi connectivity index (χ1) is 11.2. The predicted octanol–water partition coefficient (Wildman–Crippen LogP) is 2.16. The van der Waals surface area contributed by atoms with Crippen LogP contribution in [-0.4, -0.2) is 55.2 Å². The van der Waals surface area contributed by atoms with Gasteiger partial charge < -0.3 is 15.5 Å². The highest BCUT2D eigenvalue weighted by molar-refractivity contribution is 8.00. The zero-order valence-corrected chi connectivity index (χ0v) is 15.7. The lowest BCUT2D eigenvalue weighted by atomic mass is 10.2. The maximum absolute atomic E-state index is 12.3. The topological polar surface area (TPSA) is 61.4 Å². The standard InChI is InChI=1S/C17H25N3O2S.ClH/c1-2-18-9-10-19-17(22)14-7-3-4-8-15(14)23-13-16(21)20-11-5-6-12-20;/h3-4,7-8,18H,2,5-6,9-13H2,1H3,(H,19,22);1H. The highest BCUT2D eigenvalue weighted by Gasteiger charge is 2.19. The Kier molecular flexibility index (Phi) is 9.83. The molecule has 1 aromatic carbocycles. The number of benzene rings is 1. The van der Waals surface area contributed by atoms with Crippen molar-refractivity contribution in [3.05, 3.63) is 29.8 Å². The summed E-state index contributed by atoms with van der Waals surface area (Å²) in [7, 11) is 0. The van der Waals surface area contributed by atoms with Gasteiger partial charge in [0.25, 0.3) is 5.91 Å². The summed E-state index contributed by atoms with van der Waals surface area (Å²) in [6.45, 7) is 6.01. The molecule has 1 heterocycles. The smallest absolute Gasteiger partial charge is 0.252 e. The molecular weight excluding hydrogens is 346 g/mol. The van der Waals surface area contributed by atoms with Crippen molar-refractivity contribution in [2.24, 2.45) is 0 Å². The van der Waals surface area contributed by atoms with E-state index in [1.165, 1.54) is 11.8 Å². The van der Waals surface area contributed by atoms with Crippen LogP contribution in [0.5, 0.6) is 0 Å². The van der Waals surface area contributed by atoms with Crippen molar-refractivity contribution < 1.29 is 9.59 Å². The number of hydrogen-bond acceptors (Lipinski definition) is 4. The molecule has 5 nitrogen and oxygen atoms in total. The molecule has 0 saturated carbocycles. The second-order valence-electron chi connectivity index (χ2n) is 5.48. The highest BCUT2D eigenvalue weighted by Crippen LogP contribution is 2.23. The fourth-order valence-corrected chi connectivity index (χ4v) is 3.47. The Morgan fingerprint density at radius 1 is 1.17 bits per heavy atom. The highest BCUT2D eigenvalue weighted by atomic mass is 35.5. The van der Waals surface area contributed by atoms with Crippen LogP contribution < -0.4 is 10.6 Å². The minimum Gasteiger partial charge on any atom is -0.351 e. The van der Waals surface area contributed by atoms with Gasteiger partial charge in [-0.3, -0.25) is 9.59 Å². The van der Waals surface area contributed by atoms with Gasteiger partial charge in [-0.25, -0.2) is 0 Å². The van der Waals surface area contributed by atoms with E-state index in [0.29, 0.717) is 17.9 Å². The Morgan fingerprint density at radius 3 is 2.58 bits per heavy atom. The van der Waals surface area contributed by atoms with E-state index < -0.39 is 0 Å². The molecule has 0 aliphatic carbocycles. The molecule has 1 aliphatic rings. The van der Waals surface area contributed by atoms with Gasteiger partial charge in [0.05, 0.1) is 11.3 Å². The van der Waals surface area contributed by atoms with Crippen molar-refractivity contribution in [1.82, 2.24) is 15.5 Å². The summed E-state index contributed by atoms with van der Waals surface area (Å²) in [5.41, 5.74) is 0.642. The van der Waals surface area contributed by atoms with Crippen molar-refractivity contribution in [1.29, 1.82) is 0 Å². The number of nitrogens with zero attached hydrogens (tertiary/aromatic N) is 1. The van der Waals surface area contributed by atoms with E-state index in [4.69, 9.17) is 0 Å². The summed E-state index contributed by atoms with van der Waals surface area (Å²) in [4.78, 5) is 27.2. The maximum atomic E-state index is 12.3. The Hall–Kier alpha value is -1.24. The molecule has 1 saturated heterocycles. The molecule has 1 aromatic rings. The Balaban J connectivity index is 0.00000288. The van der Waals surface area contributed by atoms with E-state index in [1.54, 1.807) is 0 Å². The van der Waals surface area contributed by atoms with E-state index in [-0.39, 0.29) is 24.2 Å². The quantitative estimate of drug-likeness (QED) is 0.543. The number of likely N-dealkylation sites (tertiary alicyclic amines) is 1. The molecular formula is C17H26ClN3O2S. The fourth-order valence-electron chi connectivity index (χ4n) is 2.51. The van der Waals surface area contributed by atoms with Gasteiger partial charge in [-0.05, 0) is 31.5 Å². The molecule has 2 rings (SSSR count). The lowest BCUT2D eigenvalue weighted by molar-refractivity contribution is -0.127. The molecule has 1 aliphatic heterocycles. The summed E-state index contributed by atoms with van der Waals surface area (Å²) in [5, 5.41) is 6.08. The van der Waals surface area contributed by atoms with Gasteiger partial charge in [0.2, 0.25) is 5.91 Å². The molecule has 2 N–H and O–H groups in total. The lowest BCUT2D eigenvalue weighted by Crippen LogP contribution is -2.32. The van der Waals surface area contributed by atoms with Crippen molar-refractivity contribution in [2.45, 2.75) is 24.7 Å². The van der Waals surface area contributed by atoms with Crippen LogP contribution in [0.1, 0.15) is 30.1 Å². The van der Waals surface area contributed by atoms with Crippen LogP contribution in [0, 0.1) is 0 Å². The van der Waals surface area contributed by atoms with Crippen LogP contribution >= 0.6 is 24.2 Å². The molecule has 24 heavy (non-hydrogen) atoms. The third-order valence-corrected chi connectivity index (χ3v) is 4.84. The second-order valence-corrected chi connectivity index (χ2v) is 6.50. The van der Waals surface area contributed by atoms with E-state index in [1.807, 2.05) is 36.1 Å². The van der Waals surface area contributed by atoms with Crippen molar-refractivity contribution in [2.75, 3.05) is 38.5 Å².